The lowest BCUT2D eigenvalue weighted by atomic mass is 10.2. The van der Waals surface area contributed by atoms with E-state index in [0.29, 0.717) is 5.88 Å². The second kappa shape index (κ2) is 7.40. The number of aryl methyl sites for hydroxylation is 2. The monoisotopic (exact) mass is 349 g/mol. The Kier molecular flexibility index (Phi) is 5.26. The molecule has 3 heterocycles. The molecule has 3 rings (SSSR count). The van der Waals surface area contributed by atoms with Crippen LogP contribution in [-0.2, 0) is 20.0 Å². The molecule has 1 saturated heterocycles. The molecule has 0 N–H and O–H groups in total. The number of methoxy groups -OCH3 is 1. The molecular formula is C17H24ClN5O. The highest BCUT2D eigenvalue weighted by Gasteiger charge is 2.21. The van der Waals surface area contributed by atoms with Crippen LogP contribution in [0.25, 0.3) is 0 Å². The molecule has 0 aromatic carbocycles. The minimum Gasteiger partial charge on any atom is -0.481 e. The highest BCUT2D eigenvalue weighted by molar-refractivity contribution is 6.30. The number of pyridine rings is 1. The van der Waals surface area contributed by atoms with Crippen LogP contribution in [0.2, 0.25) is 5.15 Å². The van der Waals surface area contributed by atoms with Crippen molar-refractivity contribution in [1.82, 2.24) is 19.7 Å². The van der Waals surface area contributed by atoms with Crippen molar-refractivity contribution in [2.75, 3.05) is 38.2 Å². The zero-order valence-corrected chi connectivity index (χ0v) is 15.3. The zero-order valence-electron chi connectivity index (χ0n) is 14.5. The largest absolute Gasteiger partial charge is 0.481 e. The first kappa shape index (κ1) is 17.0. The maximum atomic E-state index is 6.41. The van der Waals surface area contributed by atoms with Gasteiger partial charge in [0.25, 0.3) is 0 Å². The molecule has 0 spiro atoms. The van der Waals surface area contributed by atoms with Crippen molar-refractivity contribution in [1.29, 1.82) is 0 Å². The normalized spacial score (nSPS) is 15.8. The number of rotatable bonds is 5. The van der Waals surface area contributed by atoms with E-state index in [9.17, 15) is 0 Å². The van der Waals surface area contributed by atoms with Gasteiger partial charge in [-0.05, 0) is 12.5 Å². The summed E-state index contributed by atoms with van der Waals surface area (Å²) in [7, 11) is 3.54. The van der Waals surface area contributed by atoms with Crippen molar-refractivity contribution in [3.05, 3.63) is 34.7 Å². The second-order valence-corrected chi connectivity index (χ2v) is 6.37. The molecule has 0 amide bonds. The Labute approximate surface area is 148 Å². The quantitative estimate of drug-likeness (QED) is 0.829. The Hall–Kier alpha value is -1.79. The Bertz CT molecular complexity index is 677. The fourth-order valence-electron chi connectivity index (χ4n) is 3.11. The average molecular weight is 350 g/mol. The molecule has 0 atom stereocenters. The summed E-state index contributed by atoms with van der Waals surface area (Å²) in [6, 6.07) is 3.97. The van der Waals surface area contributed by atoms with Crippen LogP contribution in [0.4, 0.5) is 5.69 Å². The van der Waals surface area contributed by atoms with Gasteiger partial charge >= 0.3 is 0 Å². The van der Waals surface area contributed by atoms with Gasteiger partial charge in [0, 0.05) is 51.4 Å². The molecule has 0 saturated carbocycles. The Morgan fingerprint density at radius 3 is 2.54 bits per heavy atom. The van der Waals surface area contributed by atoms with Gasteiger partial charge in [0.15, 0.2) is 0 Å². The van der Waals surface area contributed by atoms with E-state index in [1.165, 1.54) is 5.56 Å². The number of hydrogen-bond donors (Lipinski definition) is 0. The molecule has 2 aromatic rings. The van der Waals surface area contributed by atoms with Crippen molar-refractivity contribution in [2.24, 2.45) is 7.05 Å². The Balaban J connectivity index is 1.61. The smallest absolute Gasteiger partial charge is 0.213 e. The first-order chi connectivity index (χ1) is 11.6. The van der Waals surface area contributed by atoms with Gasteiger partial charge in [-0.25, -0.2) is 4.98 Å². The first-order valence-corrected chi connectivity index (χ1v) is 8.67. The van der Waals surface area contributed by atoms with Gasteiger partial charge in [-0.2, -0.15) is 5.10 Å². The zero-order chi connectivity index (χ0) is 17.1. The van der Waals surface area contributed by atoms with Crippen molar-refractivity contribution in [3.8, 4) is 5.88 Å². The second-order valence-electron chi connectivity index (χ2n) is 6.02. The molecule has 0 aliphatic carbocycles. The van der Waals surface area contributed by atoms with E-state index < -0.39 is 0 Å². The van der Waals surface area contributed by atoms with E-state index in [1.54, 1.807) is 11.8 Å². The minimum atomic E-state index is 0.649. The standard InChI is InChI=1S/C17H24ClN5O/c1-4-15-14(17(18)21(2)20-15)12-22-7-9-23(10-8-22)13-5-6-16(24-3)19-11-13/h5-6,11H,4,7-10,12H2,1-3H3. The van der Waals surface area contributed by atoms with E-state index >= 15 is 0 Å². The van der Waals surface area contributed by atoms with Crippen LogP contribution >= 0.6 is 11.6 Å². The number of anilines is 1. The van der Waals surface area contributed by atoms with Crippen molar-refractivity contribution < 1.29 is 4.74 Å². The van der Waals surface area contributed by atoms with Crippen LogP contribution in [0.15, 0.2) is 18.3 Å². The third kappa shape index (κ3) is 3.49. The predicted octanol–water partition coefficient (Wildman–Crippen LogP) is 2.36. The van der Waals surface area contributed by atoms with Crippen LogP contribution in [0.1, 0.15) is 18.2 Å². The highest BCUT2D eigenvalue weighted by Crippen LogP contribution is 2.23. The van der Waals surface area contributed by atoms with Gasteiger partial charge in [-0.15, -0.1) is 0 Å². The summed E-state index contributed by atoms with van der Waals surface area (Å²) in [6.07, 6.45) is 2.79. The molecule has 1 aliphatic heterocycles. The maximum Gasteiger partial charge on any atom is 0.213 e. The molecular weight excluding hydrogens is 326 g/mol. The van der Waals surface area contributed by atoms with Crippen molar-refractivity contribution >= 4 is 17.3 Å². The summed E-state index contributed by atoms with van der Waals surface area (Å²) in [5.41, 5.74) is 3.41. The van der Waals surface area contributed by atoms with Crippen LogP contribution < -0.4 is 9.64 Å². The van der Waals surface area contributed by atoms with Crippen molar-refractivity contribution in [3.63, 3.8) is 0 Å². The van der Waals surface area contributed by atoms with Crippen LogP contribution in [0.3, 0.4) is 0 Å². The van der Waals surface area contributed by atoms with Crippen LogP contribution in [0, 0.1) is 0 Å². The van der Waals surface area contributed by atoms with Gasteiger partial charge in [0.2, 0.25) is 5.88 Å². The summed E-state index contributed by atoms with van der Waals surface area (Å²) in [4.78, 5) is 9.09. The molecule has 0 unspecified atom stereocenters. The summed E-state index contributed by atoms with van der Waals surface area (Å²) in [5.74, 6) is 0.649. The molecule has 6 nitrogen and oxygen atoms in total. The number of halogens is 1. The van der Waals surface area contributed by atoms with Crippen LogP contribution in [0.5, 0.6) is 5.88 Å². The highest BCUT2D eigenvalue weighted by atomic mass is 35.5. The molecule has 1 aliphatic rings. The number of nitrogens with zero attached hydrogens (tertiary/aromatic N) is 5. The van der Waals surface area contributed by atoms with Gasteiger partial charge in [0.1, 0.15) is 5.15 Å². The Morgan fingerprint density at radius 1 is 1.21 bits per heavy atom. The number of hydrogen-bond acceptors (Lipinski definition) is 5. The number of aromatic nitrogens is 3. The minimum absolute atomic E-state index is 0.649. The molecule has 24 heavy (non-hydrogen) atoms. The molecule has 1 fully saturated rings. The lowest BCUT2D eigenvalue weighted by molar-refractivity contribution is 0.249. The van der Waals surface area contributed by atoms with E-state index in [4.69, 9.17) is 16.3 Å². The third-order valence-electron chi connectivity index (χ3n) is 4.54. The average Bonchev–Trinajstić information content (AvgIpc) is 2.90. The van der Waals surface area contributed by atoms with E-state index in [-0.39, 0.29) is 0 Å². The third-order valence-corrected chi connectivity index (χ3v) is 5.01. The predicted molar refractivity (Wildman–Crippen MR) is 95.9 cm³/mol. The molecule has 0 bridgehead atoms. The van der Waals surface area contributed by atoms with E-state index in [1.807, 2.05) is 19.3 Å². The Morgan fingerprint density at radius 2 is 1.96 bits per heavy atom. The van der Waals surface area contributed by atoms with Crippen LogP contribution in [-0.4, -0.2) is 53.0 Å². The fraction of sp³-hybridized carbons (Fsp3) is 0.529. The van der Waals surface area contributed by atoms with Crippen molar-refractivity contribution in [2.45, 2.75) is 19.9 Å². The summed E-state index contributed by atoms with van der Waals surface area (Å²) >= 11 is 6.41. The van der Waals surface area contributed by atoms with Gasteiger partial charge in [0.05, 0.1) is 24.7 Å². The number of piperazine rings is 1. The topological polar surface area (TPSA) is 46.4 Å². The summed E-state index contributed by atoms with van der Waals surface area (Å²) in [6.45, 7) is 6.95. The van der Waals surface area contributed by atoms with Gasteiger partial charge in [-0.3, -0.25) is 9.58 Å². The molecule has 130 valence electrons. The lowest BCUT2D eigenvalue weighted by Crippen LogP contribution is -2.46. The first-order valence-electron chi connectivity index (χ1n) is 8.30. The van der Waals surface area contributed by atoms with E-state index in [0.717, 1.165) is 55.7 Å². The lowest BCUT2D eigenvalue weighted by Gasteiger charge is -2.36. The van der Waals surface area contributed by atoms with Gasteiger partial charge in [-0.1, -0.05) is 18.5 Å². The molecule has 2 aromatic heterocycles. The summed E-state index contributed by atoms with van der Waals surface area (Å²) < 4.78 is 6.89. The number of ether oxygens (including phenoxy) is 1. The maximum absolute atomic E-state index is 6.41. The fourth-order valence-corrected chi connectivity index (χ4v) is 3.32. The van der Waals surface area contributed by atoms with E-state index in [2.05, 4.69) is 32.9 Å². The van der Waals surface area contributed by atoms with Gasteiger partial charge < -0.3 is 9.64 Å². The molecule has 0 radical (unpaired) electrons. The summed E-state index contributed by atoms with van der Waals surface area (Å²) in [5, 5.41) is 5.26. The SMILES string of the molecule is CCc1nn(C)c(Cl)c1CN1CCN(c2ccc(OC)nc2)CC1. The molecule has 7 heteroatoms.